The first-order valence-electron chi connectivity index (χ1n) is 4.02. The van der Waals surface area contributed by atoms with Crippen LogP contribution in [0.5, 0.6) is 0 Å². The normalized spacial score (nSPS) is 11.7. The highest BCUT2D eigenvalue weighted by Gasteiger charge is 2.29. The monoisotopic (exact) mass is 221 g/mol. The van der Waals surface area contributed by atoms with Crippen LogP contribution in [-0.2, 0) is 12.6 Å². The summed E-state index contributed by atoms with van der Waals surface area (Å²) >= 11 is 1.18. The number of benzene rings is 1. The molecule has 0 atom stereocenters. The number of rotatable bonds is 3. The molecule has 0 fully saturated rings. The van der Waals surface area contributed by atoms with E-state index >= 15 is 0 Å². The fraction of sp³-hybridized carbons (Fsp3) is 0.333. The Morgan fingerprint density at radius 1 is 1.14 bits per heavy atom. The van der Waals surface area contributed by atoms with E-state index in [1.54, 1.807) is 0 Å². The van der Waals surface area contributed by atoms with Crippen LogP contribution in [0.15, 0.2) is 24.3 Å². The first-order chi connectivity index (χ1) is 6.54. The predicted octanol–water partition coefficient (Wildman–Crippen LogP) is 2.85. The van der Waals surface area contributed by atoms with Gasteiger partial charge >= 0.3 is 6.18 Å². The molecule has 78 valence electrons. The van der Waals surface area contributed by atoms with E-state index in [0.29, 0.717) is 12.2 Å². The summed E-state index contributed by atoms with van der Waals surface area (Å²) in [6, 6.07) is 5.16. The van der Waals surface area contributed by atoms with Crippen LogP contribution in [0.2, 0.25) is 0 Å². The lowest BCUT2D eigenvalue weighted by molar-refractivity contribution is -0.137. The van der Waals surface area contributed by atoms with Gasteiger partial charge in [-0.1, -0.05) is 24.1 Å². The Morgan fingerprint density at radius 3 is 2.14 bits per heavy atom. The van der Waals surface area contributed by atoms with E-state index in [4.69, 9.17) is 5.14 Å². The van der Waals surface area contributed by atoms with Crippen molar-refractivity contribution >= 4 is 11.9 Å². The number of halogens is 3. The molecule has 0 aliphatic carbocycles. The third-order valence-corrected chi connectivity index (χ3v) is 2.23. The molecule has 0 amide bonds. The maximum absolute atomic E-state index is 12.1. The maximum Gasteiger partial charge on any atom is 0.416 e. The maximum atomic E-state index is 12.1. The Labute approximate surface area is 84.6 Å². The Hall–Kier alpha value is -0.680. The van der Waals surface area contributed by atoms with Crippen LogP contribution >= 0.6 is 11.9 Å². The highest BCUT2D eigenvalue weighted by molar-refractivity contribution is 7.97. The second-order valence-corrected chi connectivity index (χ2v) is 3.56. The van der Waals surface area contributed by atoms with Crippen molar-refractivity contribution in [1.29, 1.82) is 0 Å². The smallest absolute Gasteiger partial charge is 0.278 e. The standard InChI is InChI=1S/C9H10F3NS/c10-9(11,12)8-3-1-7(2-4-8)5-6-14-13/h1-4H,5-6,13H2. The molecule has 0 saturated heterocycles. The van der Waals surface area contributed by atoms with Crippen LogP contribution in [0.25, 0.3) is 0 Å². The van der Waals surface area contributed by atoms with E-state index in [1.165, 1.54) is 24.1 Å². The molecule has 0 aliphatic heterocycles. The second-order valence-electron chi connectivity index (χ2n) is 2.82. The molecule has 0 bridgehead atoms. The second kappa shape index (κ2) is 4.70. The van der Waals surface area contributed by atoms with E-state index in [-0.39, 0.29) is 0 Å². The summed E-state index contributed by atoms with van der Waals surface area (Å²) in [5, 5.41) is 5.21. The quantitative estimate of drug-likeness (QED) is 0.794. The first kappa shape index (κ1) is 11.4. The van der Waals surface area contributed by atoms with Crippen molar-refractivity contribution in [3.63, 3.8) is 0 Å². The summed E-state index contributed by atoms with van der Waals surface area (Å²) in [7, 11) is 0. The van der Waals surface area contributed by atoms with E-state index < -0.39 is 11.7 Å². The Kier molecular flexibility index (Phi) is 3.83. The highest BCUT2D eigenvalue weighted by Crippen LogP contribution is 2.29. The van der Waals surface area contributed by atoms with Crippen molar-refractivity contribution in [3.05, 3.63) is 35.4 Å². The largest absolute Gasteiger partial charge is 0.416 e. The molecule has 5 heteroatoms. The van der Waals surface area contributed by atoms with Gasteiger partial charge in [0.25, 0.3) is 0 Å². The van der Waals surface area contributed by atoms with Gasteiger partial charge in [0.2, 0.25) is 0 Å². The fourth-order valence-corrected chi connectivity index (χ4v) is 1.39. The molecule has 0 saturated carbocycles. The van der Waals surface area contributed by atoms with Crippen LogP contribution in [0.1, 0.15) is 11.1 Å². The molecule has 2 N–H and O–H groups in total. The Balaban J connectivity index is 2.69. The van der Waals surface area contributed by atoms with Crippen molar-refractivity contribution in [2.45, 2.75) is 12.6 Å². The Bertz CT molecular complexity index is 281. The van der Waals surface area contributed by atoms with Gasteiger partial charge in [-0.2, -0.15) is 13.2 Å². The van der Waals surface area contributed by atoms with E-state index in [9.17, 15) is 13.2 Å². The van der Waals surface area contributed by atoms with E-state index in [1.807, 2.05) is 0 Å². The summed E-state index contributed by atoms with van der Waals surface area (Å²) in [4.78, 5) is 0. The van der Waals surface area contributed by atoms with Gasteiger partial charge in [0.1, 0.15) is 0 Å². The van der Waals surface area contributed by atoms with E-state index in [2.05, 4.69) is 0 Å². The molecule has 0 aromatic heterocycles. The van der Waals surface area contributed by atoms with Crippen LogP contribution in [0.4, 0.5) is 13.2 Å². The molecule has 0 heterocycles. The molecule has 0 unspecified atom stereocenters. The number of hydrogen-bond donors (Lipinski definition) is 1. The predicted molar refractivity (Wildman–Crippen MR) is 51.8 cm³/mol. The molecule has 1 aromatic rings. The van der Waals surface area contributed by atoms with E-state index in [0.717, 1.165) is 17.7 Å². The molecule has 1 nitrogen and oxygen atoms in total. The highest BCUT2D eigenvalue weighted by atomic mass is 32.2. The summed E-state index contributed by atoms with van der Waals surface area (Å²) in [5.74, 6) is 0.714. The molecule has 1 aromatic carbocycles. The summed E-state index contributed by atoms with van der Waals surface area (Å²) < 4.78 is 36.4. The molecule has 0 aliphatic rings. The van der Waals surface area contributed by atoms with Gasteiger partial charge in [0.15, 0.2) is 0 Å². The van der Waals surface area contributed by atoms with Crippen molar-refractivity contribution in [3.8, 4) is 0 Å². The minimum Gasteiger partial charge on any atom is -0.278 e. The summed E-state index contributed by atoms with van der Waals surface area (Å²) in [5.41, 5.74) is 0.262. The lowest BCUT2D eigenvalue weighted by Gasteiger charge is -2.06. The summed E-state index contributed by atoms with van der Waals surface area (Å²) in [6.07, 6.45) is -3.56. The van der Waals surface area contributed by atoms with Crippen LogP contribution in [0.3, 0.4) is 0 Å². The van der Waals surface area contributed by atoms with Crippen LogP contribution < -0.4 is 5.14 Å². The number of aryl methyl sites for hydroxylation is 1. The van der Waals surface area contributed by atoms with Crippen molar-refractivity contribution in [2.75, 3.05) is 5.75 Å². The van der Waals surface area contributed by atoms with Gasteiger partial charge in [-0.15, -0.1) is 0 Å². The average Bonchev–Trinajstić information content (AvgIpc) is 2.14. The lowest BCUT2D eigenvalue weighted by atomic mass is 10.1. The van der Waals surface area contributed by atoms with Crippen molar-refractivity contribution < 1.29 is 13.2 Å². The van der Waals surface area contributed by atoms with Crippen molar-refractivity contribution in [1.82, 2.24) is 0 Å². The zero-order valence-corrected chi connectivity index (χ0v) is 8.16. The van der Waals surface area contributed by atoms with Gasteiger partial charge in [-0.3, -0.25) is 5.14 Å². The molecule has 1 rings (SSSR count). The van der Waals surface area contributed by atoms with Crippen LogP contribution in [0, 0.1) is 0 Å². The molecule has 0 spiro atoms. The van der Waals surface area contributed by atoms with Gasteiger partial charge < -0.3 is 0 Å². The summed E-state index contributed by atoms with van der Waals surface area (Å²) in [6.45, 7) is 0. The molecular formula is C9H10F3NS. The number of nitrogens with two attached hydrogens (primary N) is 1. The van der Waals surface area contributed by atoms with Gasteiger partial charge in [0, 0.05) is 5.75 Å². The minimum absolute atomic E-state index is 0.610. The van der Waals surface area contributed by atoms with Crippen LogP contribution in [-0.4, -0.2) is 5.75 Å². The SMILES string of the molecule is NSCCc1ccc(C(F)(F)F)cc1. The zero-order chi connectivity index (χ0) is 10.6. The topological polar surface area (TPSA) is 26.0 Å². The van der Waals surface area contributed by atoms with Gasteiger partial charge in [-0.25, -0.2) is 0 Å². The number of hydrogen-bond acceptors (Lipinski definition) is 2. The molecule has 0 radical (unpaired) electrons. The number of alkyl halides is 3. The lowest BCUT2D eigenvalue weighted by Crippen LogP contribution is -2.04. The minimum atomic E-state index is -4.25. The van der Waals surface area contributed by atoms with Gasteiger partial charge in [0.05, 0.1) is 5.56 Å². The molecular weight excluding hydrogens is 211 g/mol. The molecule has 14 heavy (non-hydrogen) atoms. The van der Waals surface area contributed by atoms with Crippen molar-refractivity contribution in [2.24, 2.45) is 5.14 Å². The average molecular weight is 221 g/mol. The first-order valence-corrected chi connectivity index (χ1v) is 5.06. The third kappa shape index (κ3) is 3.23. The van der Waals surface area contributed by atoms with Gasteiger partial charge in [-0.05, 0) is 24.1 Å². The Morgan fingerprint density at radius 2 is 1.71 bits per heavy atom. The zero-order valence-electron chi connectivity index (χ0n) is 7.34. The third-order valence-electron chi connectivity index (χ3n) is 1.79. The fourth-order valence-electron chi connectivity index (χ4n) is 1.04.